The van der Waals surface area contributed by atoms with E-state index < -0.39 is 6.23 Å². The van der Waals surface area contributed by atoms with Crippen molar-refractivity contribution in [2.24, 2.45) is 0 Å². The van der Waals surface area contributed by atoms with E-state index in [1.165, 1.54) is 12.2 Å². The fraction of sp³-hybridized carbons (Fsp3) is 0.684. The Morgan fingerprint density at radius 1 is 1.27 bits per heavy atom. The van der Waals surface area contributed by atoms with E-state index in [-0.39, 0.29) is 23.0 Å². The minimum atomic E-state index is -1.12. The van der Waals surface area contributed by atoms with Gasteiger partial charge in [0, 0.05) is 42.0 Å². The number of rotatable bonds is 8. The maximum absolute atomic E-state index is 12.2. The molecule has 0 spiro atoms. The molecule has 0 aromatic heterocycles. The summed E-state index contributed by atoms with van der Waals surface area (Å²) in [5, 5.41) is 18.7. The molecular weight excluding hydrogens is 332 g/mol. The van der Waals surface area contributed by atoms with Crippen LogP contribution in [0.2, 0.25) is 0 Å². The summed E-state index contributed by atoms with van der Waals surface area (Å²) in [5.74, 6) is -0.244. The van der Waals surface area contributed by atoms with Crippen LogP contribution in [0.4, 0.5) is 4.79 Å². The molecule has 1 unspecified atom stereocenters. The molecule has 7 nitrogen and oxygen atoms in total. The van der Waals surface area contributed by atoms with Crippen LogP contribution < -0.4 is 16.0 Å². The molecule has 1 rings (SSSR count). The SMILES string of the molecule is CCC(C)(CC)N1C=C(/C=C/C(=O)NCCNC(C)(C)C)C(O)NC1=O. The van der Waals surface area contributed by atoms with E-state index in [0.717, 1.165) is 12.8 Å². The number of nitrogens with zero attached hydrogens (tertiary/aromatic N) is 1. The van der Waals surface area contributed by atoms with Crippen molar-refractivity contribution in [3.63, 3.8) is 0 Å². The molecule has 26 heavy (non-hydrogen) atoms. The van der Waals surface area contributed by atoms with Crippen LogP contribution in [0.3, 0.4) is 0 Å². The monoisotopic (exact) mass is 366 g/mol. The molecule has 0 fully saturated rings. The van der Waals surface area contributed by atoms with Gasteiger partial charge in [0.1, 0.15) is 0 Å². The third kappa shape index (κ3) is 6.46. The van der Waals surface area contributed by atoms with Gasteiger partial charge in [0.15, 0.2) is 6.23 Å². The van der Waals surface area contributed by atoms with Crippen molar-refractivity contribution in [2.45, 2.75) is 71.7 Å². The molecule has 7 heteroatoms. The average Bonchev–Trinajstić information content (AvgIpc) is 2.56. The Kier molecular flexibility index (Phi) is 7.84. The number of hydrogen-bond donors (Lipinski definition) is 4. The molecule has 0 aromatic carbocycles. The fourth-order valence-corrected chi connectivity index (χ4v) is 2.53. The second-order valence-corrected chi connectivity index (χ2v) is 7.86. The van der Waals surface area contributed by atoms with Crippen LogP contribution in [0.5, 0.6) is 0 Å². The molecule has 0 aromatic rings. The van der Waals surface area contributed by atoms with Crippen molar-refractivity contribution in [2.75, 3.05) is 13.1 Å². The minimum Gasteiger partial charge on any atom is -0.369 e. The second-order valence-electron chi connectivity index (χ2n) is 7.86. The largest absolute Gasteiger partial charge is 0.369 e. The van der Waals surface area contributed by atoms with Gasteiger partial charge >= 0.3 is 6.03 Å². The van der Waals surface area contributed by atoms with Crippen LogP contribution in [0.1, 0.15) is 54.4 Å². The number of nitrogens with one attached hydrogen (secondary N) is 3. The van der Waals surface area contributed by atoms with Crippen molar-refractivity contribution in [3.8, 4) is 0 Å². The number of hydrogen-bond acceptors (Lipinski definition) is 4. The lowest BCUT2D eigenvalue weighted by Crippen LogP contribution is -2.55. The molecule has 0 bridgehead atoms. The lowest BCUT2D eigenvalue weighted by Gasteiger charge is -2.41. The Balaban J connectivity index is 2.72. The number of aliphatic hydroxyl groups is 1. The molecule has 0 aliphatic carbocycles. The number of carbonyl (C=O) groups is 2. The van der Waals surface area contributed by atoms with E-state index >= 15 is 0 Å². The third-order valence-electron chi connectivity index (χ3n) is 4.68. The van der Waals surface area contributed by atoms with Gasteiger partial charge in [-0.15, -0.1) is 0 Å². The second kappa shape index (κ2) is 9.19. The first-order valence-electron chi connectivity index (χ1n) is 9.23. The van der Waals surface area contributed by atoms with Crippen LogP contribution in [0.25, 0.3) is 0 Å². The molecule has 1 aliphatic heterocycles. The third-order valence-corrected chi connectivity index (χ3v) is 4.68. The van der Waals surface area contributed by atoms with Crippen LogP contribution >= 0.6 is 0 Å². The van der Waals surface area contributed by atoms with E-state index in [1.54, 1.807) is 11.1 Å². The van der Waals surface area contributed by atoms with Gasteiger partial charge in [-0.1, -0.05) is 13.8 Å². The van der Waals surface area contributed by atoms with Crippen LogP contribution in [-0.2, 0) is 4.79 Å². The van der Waals surface area contributed by atoms with E-state index in [9.17, 15) is 14.7 Å². The number of amides is 3. The van der Waals surface area contributed by atoms with Crippen LogP contribution in [0.15, 0.2) is 23.9 Å². The Bertz CT molecular complexity index is 560. The van der Waals surface area contributed by atoms with Gasteiger partial charge in [-0.05, 0) is 46.6 Å². The predicted octanol–water partition coefficient (Wildman–Crippen LogP) is 1.85. The van der Waals surface area contributed by atoms with Gasteiger partial charge in [0.05, 0.1) is 0 Å². The summed E-state index contributed by atoms with van der Waals surface area (Å²) in [6.07, 6.45) is 4.97. The van der Waals surface area contributed by atoms with Crippen molar-refractivity contribution < 1.29 is 14.7 Å². The summed E-state index contributed by atoms with van der Waals surface area (Å²) < 4.78 is 0. The maximum Gasteiger partial charge on any atom is 0.324 e. The van der Waals surface area contributed by atoms with Gasteiger partial charge in [-0.25, -0.2) is 4.79 Å². The van der Waals surface area contributed by atoms with Crippen molar-refractivity contribution in [1.82, 2.24) is 20.9 Å². The first-order chi connectivity index (χ1) is 12.0. The Morgan fingerprint density at radius 3 is 2.42 bits per heavy atom. The highest BCUT2D eigenvalue weighted by Gasteiger charge is 2.35. The van der Waals surface area contributed by atoms with Gasteiger partial charge in [-0.3, -0.25) is 9.69 Å². The Morgan fingerprint density at radius 2 is 1.88 bits per heavy atom. The zero-order chi connectivity index (χ0) is 20.0. The zero-order valence-electron chi connectivity index (χ0n) is 16.8. The summed E-state index contributed by atoms with van der Waals surface area (Å²) >= 11 is 0. The first-order valence-corrected chi connectivity index (χ1v) is 9.23. The van der Waals surface area contributed by atoms with Gasteiger partial charge in [0.25, 0.3) is 0 Å². The van der Waals surface area contributed by atoms with Crippen molar-refractivity contribution in [1.29, 1.82) is 0 Å². The van der Waals surface area contributed by atoms with Crippen molar-refractivity contribution >= 4 is 11.9 Å². The molecule has 1 heterocycles. The van der Waals surface area contributed by atoms with E-state index in [2.05, 4.69) is 36.7 Å². The van der Waals surface area contributed by atoms with Gasteiger partial charge in [0.2, 0.25) is 5.91 Å². The summed E-state index contributed by atoms with van der Waals surface area (Å²) in [5.41, 5.74) is 0.134. The smallest absolute Gasteiger partial charge is 0.324 e. The predicted molar refractivity (Wildman–Crippen MR) is 103 cm³/mol. The Labute approximate surface area is 156 Å². The summed E-state index contributed by atoms with van der Waals surface area (Å²) in [4.78, 5) is 25.7. The van der Waals surface area contributed by atoms with Crippen LogP contribution in [0, 0.1) is 0 Å². The topological polar surface area (TPSA) is 93.7 Å². The lowest BCUT2D eigenvalue weighted by molar-refractivity contribution is -0.116. The maximum atomic E-state index is 12.2. The van der Waals surface area contributed by atoms with Crippen LogP contribution in [-0.4, -0.2) is 52.3 Å². The summed E-state index contributed by atoms with van der Waals surface area (Å²) in [7, 11) is 0. The van der Waals surface area contributed by atoms with E-state index in [1.807, 2.05) is 20.8 Å². The number of aliphatic hydroxyl groups excluding tert-OH is 1. The minimum absolute atomic E-state index is 0.00442. The highest BCUT2D eigenvalue weighted by Crippen LogP contribution is 2.27. The first kappa shape index (κ1) is 22.2. The molecule has 148 valence electrons. The standard InChI is InChI=1S/C19H34N4O3/c1-7-19(6,8-2)23-13-14(16(25)22-17(23)26)9-10-15(24)20-11-12-21-18(3,4)5/h9-10,13,16,21,25H,7-8,11-12H2,1-6H3,(H,20,24)(H,22,26)/b10-9+. The molecule has 1 atom stereocenters. The fourth-order valence-electron chi connectivity index (χ4n) is 2.53. The molecule has 0 saturated heterocycles. The summed E-state index contributed by atoms with van der Waals surface area (Å²) in [6, 6.07) is -0.335. The van der Waals surface area contributed by atoms with E-state index in [0.29, 0.717) is 18.7 Å². The van der Waals surface area contributed by atoms with E-state index in [4.69, 9.17) is 0 Å². The molecule has 1 aliphatic rings. The molecule has 0 saturated carbocycles. The number of carbonyl (C=O) groups excluding carboxylic acids is 2. The summed E-state index contributed by atoms with van der Waals surface area (Å²) in [6.45, 7) is 13.4. The molecule has 3 amide bonds. The van der Waals surface area contributed by atoms with Crippen molar-refractivity contribution in [3.05, 3.63) is 23.9 Å². The highest BCUT2D eigenvalue weighted by molar-refractivity contribution is 5.88. The average molecular weight is 367 g/mol. The zero-order valence-corrected chi connectivity index (χ0v) is 16.8. The Hall–Kier alpha value is -1.86. The molecule has 4 N–H and O–H groups in total. The van der Waals surface area contributed by atoms with Gasteiger partial charge < -0.3 is 21.1 Å². The molecule has 0 radical (unpaired) electrons. The number of urea groups is 1. The van der Waals surface area contributed by atoms with Gasteiger partial charge in [-0.2, -0.15) is 0 Å². The highest BCUT2D eigenvalue weighted by atomic mass is 16.3. The molecular formula is C19H34N4O3. The quantitative estimate of drug-likeness (QED) is 0.390. The normalized spacial score (nSPS) is 18.7. The lowest BCUT2D eigenvalue weighted by atomic mass is 9.93.